The quantitative estimate of drug-likeness (QED) is 0.620. The molecule has 0 bridgehead atoms. The van der Waals surface area contributed by atoms with Gasteiger partial charge in [0.1, 0.15) is 5.94 Å². The first kappa shape index (κ1) is 10.3. The largest absolute Gasteiger partial charge is 0.464 e. The van der Waals surface area contributed by atoms with E-state index in [0.29, 0.717) is 18.4 Å². The van der Waals surface area contributed by atoms with Crippen LogP contribution in [0.3, 0.4) is 0 Å². The van der Waals surface area contributed by atoms with Crippen molar-refractivity contribution < 1.29 is 9.26 Å². The van der Waals surface area contributed by atoms with Crippen molar-refractivity contribution in [1.82, 2.24) is 5.16 Å². The van der Waals surface area contributed by atoms with E-state index in [1.807, 2.05) is 24.3 Å². The van der Waals surface area contributed by atoms with Crippen LogP contribution in [0.5, 0.6) is 5.88 Å². The van der Waals surface area contributed by atoms with Crippen molar-refractivity contribution in [3.63, 3.8) is 0 Å². The van der Waals surface area contributed by atoms with Crippen molar-refractivity contribution in [1.29, 1.82) is 0 Å². The molecule has 80 valence electrons. The second kappa shape index (κ2) is 5.04. The van der Waals surface area contributed by atoms with E-state index in [9.17, 15) is 0 Å². The summed E-state index contributed by atoms with van der Waals surface area (Å²) in [6.07, 6.45) is 0. The van der Waals surface area contributed by atoms with Gasteiger partial charge >= 0.3 is 0 Å². The molecule has 2 rings (SSSR count). The maximum absolute atomic E-state index is 5.46. The van der Waals surface area contributed by atoms with Gasteiger partial charge in [0, 0.05) is 12.3 Å². The van der Waals surface area contributed by atoms with Gasteiger partial charge in [0.15, 0.2) is 5.58 Å². The molecule has 15 heavy (non-hydrogen) atoms. The number of nitrogens with zero attached hydrogens (tertiary/aromatic N) is 1. The van der Waals surface area contributed by atoms with E-state index in [1.165, 1.54) is 0 Å². The number of thioether (sulfide) groups is 1. The second-order valence-electron chi connectivity index (χ2n) is 2.94. The Kier molecular flexibility index (Phi) is 3.47. The Morgan fingerprint density at radius 3 is 3.13 bits per heavy atom. The summed E-state index contributed by atoms with van der Waals surface area (Å²) in [5, 5.41) is 4.76. The van der Waals surface area contributed by atoms with Crippen LogP contribution >= 0.6 is 11.8 Å². The van der Waals surface area contributed by atoms with Crippen molar-refractivity contribution in [2.75, 3.05) is 18.2 Å². The molecule has 4 nitrogen and oxygen atoms in total. The monoisotopic (exact) mass is 224 g/mol. The third-order valence-electron chi connectivity index (χ3n) is 1.89. The van der Waals surface area contributed by atoms with Gasteiger partial charge in [-0.1, -0.05) is 12.1 Å². The summed E-state index contributed by atoms with van der Waals surface area (Å²) in [5.74, 6) is 1.99. The summed E-state index contributed by atoms with van der Waals surface area (Å²) in [6.45, 7) is 0.660. The number of para-hydroxylation sites is 1. The molecule has 0 radical (unpaired) electrons. The van der Waals surface area contributed by atoms with Crippen LogP contribution in [0.2, 0.25) is 0 Å². The lowest BCUT2D eigenvalue weighted by atomic mass is 10.3. The van der Waals surface area contributed by atoms with Gasteiger partial charge < -0.3 is 15.0 Å². The minimum atomic E-state index is 0.549. The number of fused-ring (bicyclic) bond motifs is 1. The van der Waals surface area contributed by atoms with Gasteiger partial charge in [0.2, 0.25) is 0 Å². The molecule has 2 aromatic rings. The van der Waals surface area contributed by atoms with Crippen molar-refractivity contribution in [3.05, 3.63) is 24.3 Å². The molecule has 0 aliphatic rings. The summed E-state index contributed by atoms with van der Waals surface area (Å²) < 4.78 is 10.6. The summed E-state index contributed by atoms with van der Waals surface area (Å²) >= 11 is 1.63. The van der Waals surface area contributed by atoms with Crippen molar-refractivity contribution in [2.24, 2.45) is 5.73 Å². The molecule has 5 heteroatoms. The van der Waals surface area contributed by atoms with Crippen LogP contribution in [-0.2, 0) is 0 Å². The minimum Gasteiger partial charge on any atom is -0.464 e. The predicted octanol–water partition coefficient (Wildman–Crippen LogP) is 1.86. The number of benzene rings is 1. The highest BCUT2D eigenvalue weighted by atomic mass is 32.2. The SMILES string of the molecule is NCCSCOc1noc2ccccc12. The highest BCUT2D eigenvalue weighted by Gasteiger charge is 2.07. The Morgan fingerprint density at radius 2 is 2.27 bits per heavy atom. The van der Waals surface area contributed by atoms with Gasteiger partial charge in [0.05, 0.1) is 5.39 Å². The first-order valence-corrected chi connectivity index (χ1v) is 5.82. The maximum atomic E-state index is 5.46. The number of nitrogens with two attached hydrogens (primary N) is 1. The van der Waals surface area contributed by atoms with Gasteiger partial charge in [-0.25, -0.2) is 0 Å². The van der Waals surface area contributed by atoms with Crippen LogP contribution in [0.25, 0.3) is 11.0 Å². The van der Waals surface area contributed by atoms with Crippen LogP contribution in [0, 0.1) is 0 Å². The van der Waals surface area contributed by atoms with Crippen LogP contribution in [0.4, 0.5) is 0 Å². The van der Waals surface area contributed by atoms with Crippen LogP contribution in [0.1, 0.15) is 0 Å². The first-order valence-electron chi connectivity index (χ1n) is 4.67. The van der Waals surface area contributed by atoms with Crippen LogP contribution in [0.15, 0.2) is 28.8 Å². The zero-order valence-electron chi connectivity index (χ0n) is 8.18. The first-order chi connectivity index (χ1) is 7.42. The molecular formula is C10H12N2O2S. The van der Waals surface area contributed by atoms with Gasteiger partial charge in [-0.2, -0.15) is 0 Å². The molecule has 0 unspecified atom stereocenters. The Balaban J connectivity index is 2.02. The molecule has 0 amide bonds. The molecule has 0 fully saturated rings. The lowest BCUT2D eigenvalue weighted by Gasteiger charge is -2.00. The van der Waals surface area contributed by atoms with Crippen molar-refractivity contribution >= 4 is 22.7 Å². The Morgan fingerprint density at radius 1 is 1.40 bits per heavy atom. The highest BCUT2D eigenvalue weighted by molar-refractivity contribution is 7.99. The van der Waals surface area contributed by atoms with Gasteiger partial charge in [-0.3, -0.25) is 0 Å². The van der Waals surface area contributed by atoms with E-state index in [2.05, 4.69) is 5.16 Å². The molecule has 0 aliphatic heterocycles. The summed E-state index contributed by atoms with van der Waals surface area (Å²) in [5.41, 5.74) is 6.11. The lowest BCUT2D eigenvalue weighted by molar-refractivity contribution is 0.337. The molecule has 2 N–H and O–H groups in total. The smallest absolute Gasteiger partial charge is 0.262 e. The molecule has 0 saturated heterocycles. The zero-order valence-corrected chi connectivity index (χ0v) is 9.00. The molecule has 1 heterocycles. The van der Waals surface area contributed by atoms with Gasteiger partial charge in [0.25, 0.3) is 5.88 Å². The maximum Gasteiger partial charge on any atom is 0.262 e. The summed E-state index contributed by atoms with van der Waals surface area (Å²) in [6, 6.07) is 7.62. The fourth-order valence-corrected chi connectivity index (χ4v) is 1.69. The zero-order chi connectivity index (χ0) is 10.5. The molecule has 0 aliphatic carbocycles. The van der Waals surface area contributed by atoms with E-state index in [0.717, 1.165) is 16.7 Å². The minimum absolute atomic E-state index is 0.549. The Hall–Kier alpha value is -1.20. The predicted molar refractivity (Wildman–Crippen MR) is 61.0 cm³/mol. The summed E-state index contributed by atoms with van der Waals surface area (Å²) in [4.78, 5) is 0. The van der Waals surface area contributed by atoms with E-state index >= 15 is 0 Å². The van der Waals surface area contributed by atoms with Crippen molar-refractivity contribution in [3.8, 4) is 5.88 Å². The third kappa shape index (κ3) is 2.43. The number of hydrogen-bond donors (Lipinski definition) is 1. The van der Waals surface area contributed by atoms with E-state index in [4.69, 9.17) is 15.0 Å². The summed E-state index contributed by atoms with van der Waals surface area (Å²) in [7, 11) is 0. The van der Waals surface area contributed by atoms with Gasteiger partial charge in [-0.15, -0.1) is 11.8 Å². The third-order valence-corrected chi connectivity index (χ3v) is 2.69. The van der Waals surface area contributed by atoms with Crippen molar-refractivity contribution in [2.45, 2.75) is 0 Å². The molecule has 0 atom stereocenters. The fraction of sp³-hybridized carbons (Fsp3) is 0.300. The molecule has 1 aromatic carbocycles. The van der Waals surface area contributed by atoms with Crippen LogP contribution in [-0.4, -0.2) is 23.4 Å². The normalized spacial score (nSPS) is 10.7. The van der Waals surface area contributed by atoms with E-state index in [1.54, 1.807) is 11.8 Å². The Bertz CT molecular complexity index is 430. The lowest BCUT2D eigenvalue weighted by Crippen LogP contribution is -2.03. The van der Waals surface area contributed by atoms with Gasteiger partial charge in [-0.05, 0) is 17.3 Å². The van der Waals surface area contributed by atoms with Crippen LogP contribution < -0.4 is 10.5 Å². The topological polar surface area (TPSA) is 61.3 Å². The standard InChI is InChI=1S/C10H12N2O2S/c11-5-6-15-7-13-10-8-3-1-2-4-9(8)14-12-10/h1-4H,5-7,11H2. The van der Waals surface area contributed by atoms with E-state index in [-0.39, 0.29) is 0 Å². The highest BCUT2D eigenvalue weighted by Crippen LogP contribution is 2.24. The number of hydrogen-bond acceptors (Lipinski definition) is 5. The Labute approximate surface area is 91.7 Å². The average Bonchev–Trinajstić information content (AvgIpc) is 2.68. The average molecular weight is 224 g/mol. The van der Waals surface area contributed by atoms with E-state index < -0.39 is 0 Å². The number of aromatic nitrogens is 1. The fourth-order valence-electron chi connectivity index (χ4n) is 1.21. The second-order valence-corrected chi connectivity index (χ2v) is 4.00. The molecular weight excluding hydrogens is 212 g/mol. The molecule has 0 saturated carbocycles. The number of rotatable bonds is 5. The molecule has 0 spiro atoms. The number of ether oxygens (including phenoxy) is 1. The molecule has 1 aromatic heterocycles.